The van der Waals surface area contributed by atoms with Crippen LogP contribution < -0.4 is 9.62 Å². The first-order valence-electron chi connectivity index (χ1n) is 12.1. The lowest BCUT2D eigenvalue weighted by atomic mass is 10.1. The van der Waals surface area contributed by atoms with Crippen molar-refractivity contribution in [2.45, 2.75) is 72.5 Å². The maximum Gasteiger partial charge on any atom is 0.242 e. The number of nitrogens with zero attached hydrogens (tertiary/aromatic N) is 2. The zero-order valence-corrected chi connectivity index (χ0v) is 22.6. The highest BCUT2D eigenvalue weighted by Gasteiger charge is 2.27. The molecule has 7 nitrogen and oxygen atoms in total. The quantitative estimate of drug-likeness (QED) is 0.473. The van der Waals surface area contributed by atoms with Gasteiger partial charge in [-0.05, 0) is 63.3 Å². The fourth-order valence-corrected chi connectivity index (χ4v) is 4.81. The number of nitrogens with one attached hydrogen (secondary N) is 1. The molecule has 0 saturated carbocycles. The molecule has 0 radical (unpaired) electrons. The molecule has 0 spiro atoms. The van der Waals surface area contributed by atoms with E-state index in [1.54, 1.807) is 11.8 Å². The zero-order chi connectivity index (χ0) is 26.2. The first-order valence-corrected chi connectivity index (χ1v) is 14.0. The predicted molar refractivity (Wildman–Crippen MR) is 142 cm³/mol. The lowest BCUT2D eigenvalue weighted by molar-refractivity contribution is -0.140. The van der Waals surface area contributed by atoms with Crippen LogP contribution in [0.4, 0.5) is 5.69 Å². The standard InChI is InChI=1S/C27H39N3O4S/c1-7-22(4)28-27(32)23(5)29(19-24-12-9-8-10-13-24)26(31)14-11-17-30(35(6,33)34)25-18-20(2)15-16-21(25)3/h8-10,12-13,15-16,18,22-23H,7,11,14,17,19H2,1-6H3,(H,28,32)/t22-,23-/m1/s1. The van der Waals surface area contributed by atoms with E-state index in [-0.39, 0.29) is 30.8 Å². The van der Waals surface area contributed by atoms with Gasteiger partial charge in [0, 0.05) is 25.6 Å². The maximum absolute atomic E-state index is 13.3. The number of hydrogen-bond acceptors (Lipinski definition) is 4. The Morgan fingerprint density at radius 2 is 1.69 bits per heavy atom. The number of benzene rings is 2. The minimum absolute atomic E-state index is 0.0134. The molecule has 0 unspecified atom stereocenters. The van der Waals surface area contributed by atoms with Crippen LogP contribution in [0.25, 0.3) is 0 Å². The summed E-state index contributed by atoms with van der Waals surface area (Å²) in [5, 5.41) is 2.96. The summed E-state index contributed by atoms with van der Waals surface area (Å²) in [7, 11) is -3.53. The van der Waals surface area contributed by atoms with Gasteiger partial charge in [0.05, 0.1) is 11.9 Å². The highest BCUT2D eigenvalue weighted by atomic mass is 32.2. The Morgan fingerprint density at radius 3 is 2.29 bits per heavy atom. The maximum atomic E-state index is 13.3. The van der Waals surface area contributed by atoms with E-state index in [2.05, 4.69) is 5.32 Å². The van der Waals surface area contributed by atoms with E-state index in [1.165, 1.54) is 10.6 Å². The number of aryl methyl sites for hydroxylation is 2. The molecule has 192 valence electrons. The molecule has 0 saturated heterocycles. The zero-order valence-electron chi connectivity index (χ0n) is 21.7. The molecule has 2 rings (SSSR count). The highest BCUT2D eigenvalue weighted by Crippen LogP contribution is 2.24. The second-order valence-electron chi connectivity index (χ2n) is 9.23. The Balaban J connectivity index is 2.18. The molecule has 2 aromatic carbocycles. The number of carbonyl (C=O) groups excluding carboxylic acids is 2. The van der Waals surface area contributed by atoms with Crippen LogP contribution in [-0.2, 0) is 26.2 Å². The summed E-state index contributed by atoms with van der Waals surface area (Å²) < 4.78 is 26.5. The Labute approximate surface area is 210 Å². The molecule has 2 amide bonds. The van der Waals surface area contributed by atoms with Crippen LogP contribution in [0, 0.1) is 13.8 Å². The Kier molecular flexibility index (Phi) is 10.3. The van der Waals surface area contributed by atoms with E-state index >= 15 is 0 Å². The Hall–Kier alpha value is -2.87. The van der Waals surface area contributed by atoms with Crippen LogP contribution in [0.15, 0.2) is 48.5 Å². The summed E-state index contributed by atoms with van der Waals surface area (Å²) in [4.78, 5) is 27.7. The predicted octanol–water partition coefficient (Wildman–Crippen LogP) is 4.18. The summed E-state index contributed by atoms with van der Waals surface area (Å²) in [6.07, 6.45) is 2.44. The molecule has 8 heteroatoms. The second-order valence-corrected chi connectivity index (χ2v) is 11.1. The lowest BCUT2D eigenvalue weighted by Crippen LogP contribution is -2.49. The van der Waals surface area contributed by atoms with E-state index in [1.807, 2.05) is 76.2 Å². The van der Waals surface area contributed by atoms with Crippen molar-refractivity contribution in [3.8, 4) is 0 Å². The number of amides is 2. The van der Waals surface area contributed by atoms with E-state index in [0.717, 1.165) is 23.1 Å². The topological polar surface area (TPSA) is 86.8 Å². The fraction of sp³-hybridized carbons (Fsp3) is 0.481. The third-order valence-electron chi connectivity index (χ3n) is 6.15. The van der Waals surface area contributed by atoms with Gasteiger partial charge in [0.1, 0.15) is 6.04 Å². The molecule has 0 aromatic heterocycles. The van der Waals surface area contributed by atoms with E-state index in [0.29, 0.717) is 18.7 Å². The van der Waals surface area contributed by atoms with Crippen LogP contribution in [-0.4, -0.2) is 50.0 Å². The van der Waals surface area contributed by atoms with Gasteiger partial charge in [-0.2, -0.15) is 0 Å². The van der Waals surface area contributed by atoms with Gasteiger partial charge in [0.15, 0.2) is 0 Å². The molecule has 0 aliphatic carbocycles. The minimum Gasteiger partial charge on any atom is -0.352 e. The number of carbonyl (C=O) groups is 2. The minimum atomic E-state index is -3.53. The molecule has 35 heavy (non-hydrogen) atoms. The Bertz CT molecular complexity index is 1100. The first-order chi connectivity index (χ1) is 16.4. The lowest BCUT2D eigenvalue weighted by Gasteiger charge is -2.30. The van der Waals surface area contributed by atoms with Crippen molar-refractivity contribution in [2.75, 3.05) is 17.1 Å². The molecule has 2 aromatic rings. The summed E-state index contributed by atoms with van der Waals surface area (Å²) in [5.74, 6) is -0.383. The highest BCUT2D eigenvalue weighted by molar-refractivity contribution is 7.92. The van der Waals surface area contributed by atoms with Crippen molar-refractivity contribution < 1.29 is 18.0 Å². The third-order valence-corrected chi connectivity index (χ3v) is 7.33. The number of hydrogen-bond donors (Lipinski definition) is 1. The van der Waals surface area contributed by atoms with Crippen LogP contribution in [0.2, 0.25) is 0 Å². The van der Waals surface area contributed by atoms with Crippen LogP contribution in [0.1, 0.15) is 56.7 Å². The monoisotopic (exact) mass is 501 g/mol. The van der Waals surface area contributed by atoms with Crippen LogP contribution in [0.3, 0.4) is 0 Å². The van der Waals surface area contributed by atoms with Gasteiger partial charge in [-0.3, -0.25) is 13.9 Å². The van der Waals surface area contributed by atoms with Gasteiger partial charge in [-0.15, -0.1) is 0 Å². The van der Waals surface area contributed by atoms with Gasteiger partial charge in [-0.1, -0.05) is 49.4 Å². The molecule has 0 fully saturated rings. The van der Waals surface area contributed by atoms with Gasteiger partial charge in [0.2, 0.25) is 21.8 Å². The molecule has 2 atom stereocenters. The summed E-state index contributed by atoms with van der Waals surface area (Å²) >= 11 is 0. The SMILES string of the molecule is CC[C@@H](C)NC(=O)[C@@H](C)N(Cc1ccccc1)C(=O)CCCN(c1cc(C)ccc1C)S(C)(=O)=O. The molecule has 0 aliphatic rings. The summed E-state index contributed by atoms with van der Waals surface area (Å²) in [5.41, 5.74) is 3.37. The van der Waals surface area contributed by atoms with Crippen LogP contribution in [0.5, 0.6) is 0 Å². The largest absolute Gasteiger partial charge is 0.352 e. The number of anilines is 1. The average molecular weight is 502 g/mol. The third kappa shape index (κ3) is 8.38. The fourth-order valence-electron chi connectivity index (χ4n) is 3.80. The van der Waals surface area contributed by atoms with Crippen molar-refractivity contribution in [3.05, 3.63) is 65.2 Å². The Morgan fingerprint density at radius 1 is 1.03 bits per heavy atom. The van der Waals surface area contributed by atoms with E-state index in [9.17, 15) is 18.0 Å². The first kappa shape index (κ1) is 28.4. The van der Waals surface area contributed by atoms with Crippen LogP contribution >= 0.6 is 0 Å². The van der Waals surface area contributed by atoms with Gasteiger partial charge >= 0.3 is 0 Å². The van der Waals surface area contributed by atoms with Crippen molar-refractivity contribution in [1.29, 1.82) is 0 Å². The van der Waals surface area contributed by atoms with Gasteiger partial charge < -0.3 is 10.2 Å². The summed E-state index contributed by atoms with van der Waals surface area (Å²) in [6, 6.07) is 14.6. The number of sulfonamides is 1. The smallest absolute Gasteiger partial charge is 0.242 e. The van der Waals surface area contributed by atoms with Crippen molar-refractivity contribution >= 4 is 27.5 Å². The summed E-state index contributed by atoms with van der Waals surface area (Å²) in [6.45, 7) is 9.94. The number of rotatable bonds is 12. The average Bonchev–Trinajstić information content (AvgIpc) is 2.81. The van der Waals surface area contributed by atoms with Crippen molar-refractivity contribution in [2.24, 2.45) is 0 Å². The molecule has 1 N–H and O–H groups in total. The van der Waals surface area contributed by atoms with E-state index in [4.69, 9.17) is 0 Å². The molecule has 0 bridgehead atoms. The van der Waals surface area contributed by atoms with Gasteiger partial charge in [-0.25, -0.2) is 8.42 Å². The van der Waals surface area contributed by atoms with Crippen molar-refractivity contribution in [3.63, 3.8) is 0 Å². The van der Waals surface area contributed by atoms with Crippen molar-refractivity contribution in [1.82, 2.24) is 10.2 Å². The normalized spacial score (nSPS) is 13.1. The van der Waals surface area contributed by atoms with Gasteiger partial charge in [0.25, 0.3) is 0 Å². The molecule has 0 heterocycles. The molecule has 0 aliphatic heterocycles. The molecular formula is C27H39N3O4S. The molecular weight excluding hydrogens is 462 g/mol. The van der Waals surface area contributed by atoms with E-state index < -0.39 is 16.1 Å². The second kappa shape index (κ2) is 12.7.